The lowest BCUT2D eigenvalue weighted by Gasteiger charge is -2.41. The van der Waals surface area contributed by atoms with Crippen LogP contribution in [-0.4, -0.2) is 21.3 Å². The molecule has 1 heterocycles. The minimum Gasteiger partial charge on any atom is -0.327 e. The molecule has 2 N–H and O–H groups in total. The van der Waals surface area contributed by atoms with Gasteiger partial charge in [0.1, 0.15) is 0 Å². The van der Waals surface area contributed by atoms with Crippen molar-refractivity contribution in [3.63, 3.8) is 0 Å². The van der Waals surface area contributed by atoms with Crippen molar-refractivity contribution < 1.29 is 0 Å². The third-order valence-corrected chi connectivity index (χ3v) is 6.14. The van der Waals surface area contributed by atoms with E-state index in [1.807, 2.05) is 19.2 Å². The molecule has 3 atom stereocenters. The minimum absolute atomic E-state index is 0.271. The van der Waals surface area contributed by atoms with Crippen LogP contribution in [0.3, 0.4) is 0 Å². The van der Waals surface area contributed by atoms with Crippen molar-refractivity contribution in [2.45, 2.75) is 69.8 Å². The number of rotatable bonds is 4. The third kappa shape index (κ3) is 3.73. The summed E-state index contributed by atoms with van der Waals surface area (Å²) in [6, 6.07) is 2.21. The molecule has 1 saturated carbocycles. The maximum atomic E-state index is 6.34. The SMILES string of the molecule is CCC(C)(C)C1CCC(N)C(Sc2nccc(C)n2)C1. The first kappa shape index (κ1) is 15.8. The van der Waals surface area contributed by atoms with Gasteiger partial charge >= 0.3 is 0 Å². The average molecular weight is 293 g/mol. The lowest BCUT2D eigenvalue weighted by molar-refractivity contribution is 0.148. The molecule has 1 fully saturated rings. The molecule has 0 bridgehead atoms. The van der Waals surface area contributed by atoms with Crippen LogP contribution in [0.5, 0.6) is 0 Å². The van der Waals surface area contributed by atoms with E-state index in [9.17, 15) is 0 Å². The van der Waals surface area contributed by atoms with Crippen LogP contribution in [0.4, 0.5) is 0 Å². The molecule has 3 nitrogen and oxygen atoms in total. The lowest BCUT2D eigenvalue weighted by atomic mass is 9.69. The zero-order chi connectivity index (χ0) is 14.8. The largest absolute Gasteiger partial charge is 0.327 e. The first-order chi connectivity index (χ1) is 9.42. The first-order valence-electron chi connectivity index (χ1n) is 7.64. The van der Waals surface area contributed by atoms with E-state index in [1.54, 1.807) is 11.8 Å². The van der Waals surface area contributed by atoms with Crippen LogP contribution in [0.1, 0.15) is 52.1 Å². The predicted molar refractivity (Wildman–Crippen MR) is 85.8 cm³/mol. The highest BCUT2D eigenvalue weighted by molar-refractivity contribution is 7.99. The number of hydrogen-bond donors (Lipinski definition) is 1. The minimum atomic E-state index is 0.271. The summed E-state index contributed by atoms with van der Waals surface area (Å²) in [5.74, 6) is 0.759. The van der Waals surface area contributed by atoms with Crippen molar-refractivity contribution >= 4 is 11.8 Å². The van der Waals surface area contributed by atoms with E-state index in [0.717, 1.165) is 23.2 Å². The summed E-state index contributed by atoms with van der Waals surface area (Å²) in [6.45, 7) is 9.08. The van der Waals surface area contributed by atoms with Crippen LogP contribution >= 0.6 is 11.8 Å². The Morgan fingerprint density at radius 3 is 2.80 bits per heavy atom. The highest BCUT2D eigenvalue weighted by Gasteiger charge is 2.36. The van der Waals surface area contributed by atoms with E-state index in [2.05, 4.69) is 30.7 Å². The van der Waals surface area contributed by atoms with Crippen LogP contribution in [0, 0.1) is 18.3 Å². The van der Waals surface area contributed by atoms with Crippen molar-refractivity contribution in [1.82, 2.24) is 9.97 Å². The molecule has 0 saturated heterocycles. The van der Waals surface area contributed by atoms with Crippen molar-refractivity contribution in [1.29, 1.82) is 0 Å². The number of hydrogen-bond acceptors (Lipinski definition) is 4. The molecule has 0 aliphatic heterocycles. The van der Waals surface area contributed by atoms with Gasteiger partial charge in [0, 0.05) is 23.2 Å². The molecular formula is C16H27N3S. The zero-order valence-corrected chi connectivity index (χ0v) is 13.9. The summed E-state index contributed by atoms with van der Waals surface area (Å²) in [4.78, 5) is 8.88. The van der Waals surface area contributed by atoms with E-state index >= 15 is 0 Å². The molecule has 20 heavy (non-hydrogen) atoms. The van der Waals surface area contributed by atoms with Gasteiger partial charge in [-0.15, -0.1) is 0 Å². The molecule has 1 aliphatic rings. The molecule has 1 aliphatic carbocycles. The Morgan fingerprint density at radius 1 is 1.40 bits per heavy atom. The number of aryl methyl sites for hydroxylation is 1. The molecule has 0 amide bonds. The van der Waals surface area contributed by atoms with Crippen LogP contribution in [0.25, 0.3) is 0 Å². The van der Waals surface area contributed by atoms with Crippen molar-refractivity contribution in [2.24, 2.45) is 17.1 Å². The topological polar surface area (TPSA) is 51.8 Å². The summed E-state index contributed by atoms with van der Waals surface area (Å²) in [6.07, 6.45) is 6.63. The fraction of sp³-hybridized carbons (Fsp3) is 0.750. The van der Waals surface area contributed by atoms with Crippen molar-refractivity contribution in [2.75, 3.05) is 0 Å². The summed E-state index contributed by atoms with van der Waals surface area (Å²) in [7, 11) is 0. The van der Waals surface area contributed by atoms with Gasteiger partial charge in [-0.2, -0.15) is 0 Å². The maximum Gasteiger partial charge on any atom is 0.188 e. The number of nitrogens with zero attached hydrogens (tertiary/aromatic N) is 2. The van der Waals surface area contributed by atoms with E-state index < -0.39 is 0 Å². The quantitative estimate of drug-likeness (QED) is 0.858. The molecule has 0 radical (unpaired) electrons. The average Bonchev–Trinajstić information content (AvgIpc) is 2.41. The Bertz CT molecular complexity index is 447. The molecule has 112 valence electrons. The van der Waals surface area contributed by atoms with Crippen LogP contribution < -0.4 is 5.73 Å². The van der Waals surface area contributed by atoms with Gasteiger partial charge in [0.15, 0.2) is 5.16 Å². The van der Waals surface area contributed by atoms with Gasteiger partial charge in [0.05, 0.1) is 0 Å². The Hall–Kier alpha value is -0.610. The number of thioether (sulfide) groups is 1. The van der Waals surface area contributed by atoms with E-state index in [0.29, 0.717) is 10.7 Å². The second-order valence-electron chi connectivity index (χ2n) is 6.65. The van der Waals surface area contributed by atoms with E-state index in [1.165, 1.54) is 19.3 Å². The summed E-state index contributed by atoms with van der Waals surface area (Å²) >= 11 is 1.77. The van der Waals surface area contributed by atoms with Gasteiger partial charge in [0.2, 0.25) is 0 Å². The molecule has 3 unspecified atom stereocenters. The first-order valence-corrected chi connectivity index (χ1v) is 8.52. The van der Waals surface area contributed by atoms with E-state index in [4.69, 9.17) is 5.73 Å². The van der Waals surface area contributed by atoms with Gasteiger partial charge in [-0.05, 0) is 43.6 Å². The van der Waals surface area contributed by atoms with Crippen LogP contribution in [0.2, 0.25) is 0 Å². The van der Waals surface area contributed by atoms with Gasteiger partial charge in [0.25, 0.3) is 0 Å². The van der Waals surface area contributed by atoms with E-state index in [-0.39, 0.29) is 6.04 Å². The van der Waals surface area contributed by atoms with Crippen LogP contribution in [-0.2, 0) is 0 Å². The second-order valence-corrected chi connectivity index (χ2v) is 7.86. The normalized spacial score (nSPS) is 27.6. The monoisotopic (exact) mass is 293 g/mol. The molecule has 4 heteroatoms. The fourth-order valence-electron chi connectivity index (χ4n) is 2.90. The highest BCUT2D eigenvalue weighted by Crippen LogP contribution is 2.43. The molecule has 1 aromatic rings. The third-order valence-electron chi connectivity index (χ3n) is 4.89. The van der Waals surface area contributed by atoms with Gasteiger partial charge < -0.3 is 5.73 Å². The standard InChI is InChI=1S/C16H27N3S/c1-5-16(3,4)12-6-7-13(17)14(10-12)20-15-18-9-8-11(2)19-15/h8-9,12-14H,5-7,10,17H2,1-4H3. The summed E-state index contributed by atoms with van der Waals surface area (Å²) in [5.41, 5.74) is 7.77. The number of nitrogens with two attached hydrogens (primary N) is 1. The van der Waals surface area contributed by atoms with Crippen LogP contribution in [0.15, 0.2) is 17.4 Å². The van der Waals surface area contributed by atoms with Crippen molar-refractivity contribution in [3.8, 4) is 0 Å². The molecule has 0 aromatic carbocycles. The summed E-state index contributed by atoms with van der Waals surface area (Å²) in [5, 5.41) is 1.32. The van der Waals surface area contributed by atoms with Crippen molar-refractivity contribution in [3.05, 3.63) is 18.0 Å². The lowest BCUT2D eigenvalue weighted by Crippen LogP contribution is -2.42. The fourth-order valence-corrected chi connectivity index (χ4v) is 4.13. The summed E-state index contributed by atoms with van der Waals surface area (Å²) < 4.78 is 0. The molecular weight excluding hydrogens is 266 g/mol. The predicted octanol–water partition coefficient (Wildman–Crippen LogP) is 3.81. The smallest absolute Gasteiger partial charge is 0.188 e. The van der Waals surface area contributed by atoms with Gasteiger partial charge in [-0.25, -0.2) is 9.97 Å². The van der Waals surface area contributed by atoms with Gasteiger partial charge in [-0.1, -0.05) is 39.0 Å². The Kier molecular flexibility index (Phi) is 5.08. The molecule has 2 rings (SSSR count). The second kappa shape index (κ2) is 6.44. The Labute approximate surface area is 127 Å². The molecule has 1 aromatic heterocycles. The zero-order valence-electron chi connectivity index (χ0n) is 13.1. The number of aromatic nitrogens is 2. The maximum absolute atomic E-state index is 6.34. The highest BCUT2D eigenvalue weighted by atomic mass is 32.2. The van der Waals surface area contributed by atoms with Gasteiger partial charge in [-0.3, -0.25) is 0 Å². The molecule has 0 spiro atoms. The Balaban J connectivity index is 2.06. The Morgan fingerprint density at radius 2 is 2.15 bits per heavy atom.